The molecule has 1 atom stereocenters. The monoisotopic (exact) mass is 408 g/mol. The molecule has 1 saturated heterocycles. The van der Waals surface area contributed by atoms with Gasteiger partial charge in [-0.1, -0.05) is 24.6 Å². The van der Waals surface area contributed by atoms with E-state index in [1.54, 1.807) is 36.1 Å². The lowest BCUT2D eigenvalue weighted by Gasteiger charge is -2.16. The summed E-state index contributed by atoms with van der Waals surface area (Å²) in [6.07, 6.45) is 0.425. The van der Waals surface area contributed by atoms with Gasteiger partial charge in [0.15, 0.2) is 12.4 Å². The predicted octanol–water partition coefficient (Wildman–Crippen LogP) is 3.12. The van der Waals surface area contributed by atoms with Crippen LogP contribution in [0.25, 0.3) is 0 Å². The highest BCUT2D eigenvalue weighted by molar-refractivity contribution is 6.01. The standard InChI is InChI=1S/C23H24N2O5/c1-3-21(27)24-18-8-6-16(7-9-18)20(26)14-30-23(29)17-12-22(28)25(13-17)19-10-4-15(2)5-11-19/h4-11,17H,3,12-14H2,1-2H3,(H,24,27)/t17-/m1/s1. The summed E-state index contributed by atoms with van der Waals surface area (Å²) in [5.74, 6) is -1.77. The Balaban J connectivity index is 1.52. The molecule has 0 spiro atoms. The van der Waals surface area contributed by atoms with Crippen molar-refractivity contribution in [2.24, 2.45) is 5.92 Å². The van der Waals surface area contributed by atoms with Crippen LogP contribution in [0.15, 0.2) is 48.5 Å². The van der Waals surface area contributed by atoms with E-state index in [-0.39, 0.29) is 30.6 Å². The maximum atomic E-state index is 12.4. The molecule has 1 aliphatic heterocycles. The lowest BCUT2D eigenvalue weighted by molar-refractivity contribution is -0.147. The molecule has 0 unspecified atom stereocenters. The molecule has 1 aliphatic rings. The Morgan fingerprint density at radius 2 is 1.73 bits per heavy atom. The van der Waals surface area contributed by atoms with Crippen molar-refractivity contribution in [2.45, 2.75) is 26.7 Å². The molecule has 2 aromatic carbocycles. The number of anilines is 2. The van der Waals surface area contributed by atoms with Crippen LogP contribution < -0.4 is 10.2 Å². The molecular weight excluding hydrogens is 384 g/mol. The molecule has 30 heavy (non-hydrogen) atoms. The first-order chi connectivity index (χ1) is 14.4. The normalized spacial score (nSPS) is 15.7. The van der Waals surface area contributed by atoms with Gasteiger partial charge in [0.05, 0.1) is 5.92 Å². The Kier molecular flexibility index (Phi) is 6.61. The van der Waals surface area contributed by atoms with Gasteiger partial charge >= 0.3 is 5.97 Å². The molecule has 2 amide bonds. The van der Waals surface area contributed by atoms with E-state index in [1.165, 1.54) is 0 Å². The lowest BCUT2D eigenvalue weighted by Crippen LogP contribution is -2.27. The average molecular weight is 408 g/mol. The lowest BCUT2D eigenvalue weighted by atomic mass is 10.1. The smallest absolute Gasteiger partial charge is 0.311 e. The number of esters is 1. The van der Waals surface area contributed by atoms with Gasteiger partial charge in [-0.25, -0.2) is 0 Å². The third-order valence-electron chi connectivity index (χ3n) is 4.96. The Hall–Kier alpha value is -3.48. The van der Waals surface area contributed by atoms with Gasteiger partial charge in [-0.3, -0.25) is 19.2 Å². The molecule has 1 fully saturated rings. The molecule has 7 heteroatoms. The van der Waals surface area contributed by atoms with Gasteiger partial charge in [0.2, 0.25) is 11.8 Å². The van der Waals surface area contributed by atoms with Crippen LogP contribution in [0.3, 0.4) is 0 Å². The molecule has 0 saturated carbocycles. The number of amides is 2. The first-order valence-electron chi connectivity index (χ1n) is 9.84. The number of hydrogen-bond donors (Lipinski definition) is 1. The van der Waals surface area contributed by atoms with Crippen LogP contribution in [0.5, 0.6) is 0 Å². The predicted molar refractivity (Wildman–Crippen MR) is 112 cm³/mol. The van der Waals surface area contributed by atoms with Crippen LogP contribution in [0, 0.1) is 12.8 Å². The van der Waals surface area contributed by atoms with Crippen molar-refractivity contribution in [3.8, 4) is 0 Å². The first-order valence-corrected chi connectivity index (χ1v) is 9.84. The second kappa shape index (κ2) is 9.35. The molecule has 0 radical (unpaired) electrons. The fraction of sp³-hybridized carbons (Fsp3) is 0.304. The number of carbonyl (C=O) groups excluding carboxylic acids is 4. The number of Topliss-reactive ketones (excluding diaryl/α,β-unsaturated/α-hetero) is 1. The summed E-state index contributed by atoms with van der Waals surface area (Å²) in [7, 11) is 0. The van der Waals surface area contributed by atoms with Crippen LogP contribution in [-0.4, -0.2) is 36.7 Å². The van der Waals surface area contributed by atoms with Gasteiger partial charge in [0.25, 0.3) is 0 Å². The van der Waals surface area contributed by atoms with Crippen molar-refractivity contribution in [1.82, 2.24) is 0 Å². The number of rotatable bonds is 7. The second-order valence-corrected chi connectivity index (χ2v) is 7.25. The number of ether oxygens (including phenoxy) is 1. The average Bonchev–Trinajstić information content (AvgIpc) is 3.14. The maximum Gasteiger partial charge on any atom is 0.311 e. The van der Waals surface area contributed by atoms with Crippen LogP contribution in [0.1, 0.15) is 35.7 Å². The van der Waals surface area contributed by atoms with Gasteiger partial charge in [0.1, 0.15) is 0 Å². The quantitative estimate of drug-likeness (QED) is 0.561. The van der Waals surface area contributed by atoms with E-state index in [0.29, 0.717) is 17.7 Å². The molecule has 1 N–H and O–H groups in total. The molecular formula is C23H24N2O5. The zero-order valence-corrected chi connectivity index (χ0v) is 17.0. The summed E-state index contributed by atoms with van der Waals surface area (Å²) >= 11 is 0. The van der Waals surface area contributed by atoms with Crippen LogP contribution in [0.4, 0.5) is 11.4 Å². The number of benzene rings is 2. The van der Waals surface area contributed by atoms with E-state index in [4.69, 9.17) is 4.74 Å². The molecule has 156 valence electrons. The minimum atomic E-state index is -0.599. The third kappa shape index (κ3) is 5.11. The number of nitrogens with one attached hydrogen (secondary N) is 1. The summed E-state index contributed by atoms with van der Waals surface area (Å²) in [6.45, 7) is 3.55. The minimum absolute atomic E-state index is 0.0622. The summed E-state index contributed by atoms with van der Waals surface area (Å²) in [4.78, 5) is 49.9. The molecule has 1 heterocycles. The molecule has 2 aromatic rings. The Labute approximate surface area is 175 Å². The zero-order chi connectivity index (χ0) is 21.7. The number of nitrogens with zero attached hydrogens (tertiary/aromatic N) is 1. The summed E-state index contributed by atoms with van der Waals surface area (Å²) in [5, 5.41) is 2.70. The van der Waals surface area contributed by atoms with Crippen molar-refractivity contribution >= 4 is 34.9 Å². The van der Waals surface area contributed by atoms with Crippen molar-refractivity contribution in [1.29, 1.82) is 0 Å². The highest BCUT2D eigenvalue weighted by Crippen LogP contribution is 2.26. The summed E-state index contributed by atoms with van der Waals surface area (Å²) in [5.41, 5.74) is 2.80. The number of carbonyl (C=O) groups is 4. The largest absolute Gasteiger partial charge is 0.457 e. The van der Waals surface area contributed by atoms with Gasteiger partial charge in [-0.15, -0.1) is 0 Å². The van der Waals surface area contributed by atoms with E-state index in [9.17, 15) is 19.2 Å². The summed E-state index contributed by atoms with van der Waals surface area (Å²) in [6, 6.07) is 13.9. The SMILES string of the molecule is CCC(=O)Nc1ccc(C(=O)COC(=O)[C@@H]2CC(=O)N(c3ccc(C)cc3)C2)cc1. The number of ketones is 1. The second-order valence-electron chi connectivity index (χ2n) is 7.25. The molecule has 0 aromatic heterocycles. The minimum Gasteiger partial charge on any atom is -0.457 e. The van der Waals surface area contributed by atoms with Crippen molar-refractivity contribution in [2.75, 3.05) is 23.4 Å². The Morgan fingerprint density at radius 3 is 2.37 bits per heavy atom. The van der Waals surface area contributed by atoms with Crippen molar-refractivity contribution < 1.29 is 23.9 Å². The highest BCUT2D eigenvalue weighted by atomic mass is 16.5. The zero-order valence-electron chi connectivity index (χ0n) is 17.0. The molecule has 0 aliphatic carbocycles. The first kappa shape index (κ1) is 21.2. The van der Waals surface area contributed by atoms with E-state index < -0.39 is 18.5 Å². The van der Waals surface area contributed by atoms with Crippen molar-refractivity contribution in [3.05, 3.63) is 59.7 Å². The topological polar surface area (TPSA) is 92.8 Å². The number of aryl methyl sites for hydroxylation is 1. The van der Waals surface area contributed by atoms with Crippen LogP contribution >= 0.6 is 0 Å². The van der Waals surface area contributed by atoms with Gasteiger partial charge in [-0.05, 0) is 43.3 Å². The van der Waals surface area contributed by atoms with E-state index >= 15 is 0 Å². The molecule has 7 nitrogen and oxygen atoms in total. The fourth-order valence-electron chi connectivity index (χ4n) is 3.17. The molecule has 0 bridgehead atoms. The summed E-state index contributed by atoms with van der Waals surface area (Å²) < 4.78 is 5.17. The Morgan fingerprint density at radius 1 is 1.07 bits per heavy atom. The van der Waals surface area contributed by atoms with Crippen LogP contribution in [0.2, 0.25) is 0 Å². The van der Waals surface area contributed by atoms with E-state index in [2.05, 4.69) is 5.32 Å². The van der Waals surface area contributed by atoms with Gasteiger partial charge in [0, 0.05) is 36.3 Å². The maximum absolute atomic E-state index is 12.4. The third-order valence-corrected chi connectivity index (χ3v) is 4.96. The van der Waals surface area contributed by atoms with Crippen molar-refractivity contribution in [3.63, 3.8) is 0 Å². The van der Waals surface area contributed by atoms with Gasteiger partial charge < -0.3 is 15.0 Å². The fourth-order valence-corrected chi connectivity index (χ4v) is 3.17. The van der Waals surface area contributed by atoms with Crippen LogP contribution in [-0.2, 0) is 19.1 Å². The Bertz CT molecular complexity index is 951. The van der Waals surface area contributed by atoms with Gasteiger partial charge in [-0.2, -0.15) is 0 Å². The van der Waals surface area contributed by atoms with E-state index in [0.717, 1.165) is 11.3 Å². The van der Waals surface area contributed by atoms with E-state index in [1.807, 2.05) is 31.2 Å². The number of hydrogen-bond acceptors (Lipinski definition) is 5. The molecule has 3 rings (SSSR count). The highest BCUT2D eigenvalue weighted by Gasteiger charge is 2.36.